The Balaban J connectivity index is 2.63. The minimum Gasteiger partial charge on any atom is -0.464 e. The lowest BCUT2D eigenvalue weighted by Gasteiger charge is -1.90. The van der Waals surface area contributed by atoms with Gasteiger partial charge in [-0.15, -0.1) is 11.3 Å². The normalized spacial score (nSPS) is 10.7. The van der Waals surface area contributed by atoms with Crippen LogP contribution in [0, 0.1) is 0 Å². The van der Waals surface area contributed by atoms with E-state index in [2.05, 4.69) is 22.3 Å². The first-order valence-electron chi connectivity index (χ1n) is 4.09. The van der Waals surface area contributed by atoms with Gasteiger partial charge < -0.3 is 4.74 Å². The Morgan fingerprint density at radius 2 is 2.57 bits per heavy atom. The molecular formula is C9H11NO2S2. The molecular weight excluding hydrogens is 218 g/mol. The van der Waals surface area contributed by atoms with Gasteiger partial charge in [-0.3, -0.25) is 0 Å². The second-order valence-electron chi connectivity index (χ2n) is 2.48. The number of ether oxygens (including phenoxy) is 1. The molecule has 0 amide bonds. The number of allylic oxidation sites excluding steroid dienone is 1. The Bertz CT molecular complexity index is 333. The highest BCUT2D eigenvalue weighted by molar-refractivity contribution is 7.80. The predicted octanol–water partition coefficient (Wildman–Crippen LogP) is 2.26. The minimum absolute atomic E-state index is 0.364. The van der Waals surface area contributed by atoms with Gasteiger partial charge in [-0.05, 0) is 18.2 Å². The van der Waals surface area contributed by atoms with Gasteiger partial charge in [0.05, 0.1) is 7.11 Å². The zero-order valence-electron chi connectivity index (χ0n) is 7.77. The molecule has 0 aromatic carbocycles. The zero-order chi connectivity index (χ0) is 10.4. The van der Waals surface area contributed by atoms with E-state index in [9.17, 15) is 4.79 Å². The predicted molar refractivity (Wildman–Crippen MR) is 61.0 cm³/mol. The molecule has 0 spiro atoms. The third kappa shape index (κ3) is 3.16. The number of hydrogen-bond acceptors (Lipinski definition) is 5. The van der Waals surface area contributed by atoms with E-state index in [4.69, 9.17) is 0 Å². The van der Waals surface area contributed by atoms with Crippen LogP contribution in [0.15, 0.2) is 11.5 Å². The molecule has 1 aromatic rings. The number of thiol groups is 1. The summed E-state index contributed by atoms with van der Waals surface area (Å²) < 4.78 is 4.54. The number of nitrogens with zero attached hydrogens (tertiary/aromatic N) is 1. The van der Waals surface area contributed by atoms with Crippen LogP contribution in [0.1, 0.15) is 21.9 Å². The number of methoxy groups -OCH3 is 1. The van der Waals surface area contributed by atoms with E-state index in [1.807, 2.05) is 12.2 Å². The highest BCUT2D eigenvalue weighted by Gasteiger charge is 2.08. The van der Waals surface area contributed by atoms with Crippen LogP contribution >= 0.6 is 24.0 Å². The number of carbonyl (C=O) groups is 1. The summed E-state index contributed by atoms with van der Waals surface area (Å²) >= 11 is 5.50. The number of esters is 1. The second kappa shape index (κ2) is 5.82. The van der Waals surface area contributed by atoms with Crippen molar-refractivity contribution in [3.8, 4) is 0 Å². The van der Waals surface area contributed by atoms with E-state index in [1.165, 1.54) is 18.4 Å². The Morgan fingerprint density at radius 1 is 1.79 bits per heavy atom. The molecule has 0 saturated heterocycles. The van der Waals surface area contributed by atoms with Crippen molar-refractivity contribution < 1.29 is 9.53 Å². The van der Waals surface area contributed by atoms with Gasteiger partial charge in [0.1, 0.15) is 5.01 Å². The summed E-state index contributed by atoms with van der Waals surface area (Å²) in [6.07, 6.45) is 4.76. The van der Waals surface area contributed by atoms with E-state index in [-0.39, 0.29) is 0 Å². The summed E-state index contributed by atoms with van der Waals surface area (Å²) in [5, 5.41) is 2.50. The molecule has 0 saturated carbocycles. The molecule has 3 nitrogen and oxygen atoms in total. The molecule has 1 rings (SSSR count). The van der Waals surface area contributed by atoms with E-state index < -0.39 is 5.97 Å². The van der Waals surface area contributed by atoms with Crippen molar-refractivity contribution in [2.75, 3.05) is 12.9 Å². The first kappa shape index (κ1) is 11.3. The zero-order valence-corrected chi connectivity index (χ0v) is 9.48. The summed E-state index contributed by atoms with van der Waals surface area (Å²) in [6, 6.07) is 0. The number of rotatable bonds is 4. The molecule has 0 aliphatic carbocycles. The van der Waals surface area contributed by atoms with Crippen molar-refractivity contribution in [1.29, 1.82) is 0 Å². The highest BCUT2D eigenvalue weighted by Crippen LogP contribution is 2.12. The molecule has 0 unspecified atom stereocenters. The second-order valence-corrected chi connectivity index (χ2v) is 3.81. The van der Waals surface area contributed by atoms with Gasteiger partial charge >= 0.3 is 5.97 Å². The fourth-order valence-corrected chi connectivity index (χ4v) is 1.68. The summed E-state index contributed by atoms with van der Waals surface area (Å²) in [4.78, 5) is 15.1. The fraction of sp³-hybridized carbons (Fsp3) is 0.333. The van der Waals surface area contributed by atoms with Crippen LogP contribution in [-0.4, -0.2) is 23.8 Å². The quantitative estimate of drug-likeness (QED) is 0.636. The van der Waals surface area contributed by atoms with Gasteiger partial charge in [0, 0.05) is 5.38 Å². The largest absolute Gasteiger partial charge is 0.464 e. The van der Waals surface area contributed by atoms with Gasteiger partial charge in [-0.1, -0.05) is 6.08 Å². The summed E-state index contributed by atoms with van der Waals surface area (Å²) in [6.45, 7) is 0. The highest BCUT2D eigenvalue weighted by atomic mass is 32.1. The molecule has 1 heterocycles. The molecule has 0 bridgehead atoms. The van der Waals surface area contributed by atoms with Gasteiger partial charge in [0.2, 0.25) is 0 Å². The number of carbonyl (C=O) groups excluding carboxylic acids is 1. The minimum atomic E-state index is -0.393. The van der Waals surface area contributed by atoms with E-state index >= 15 is 0 Å². The van der Waals surface area contributed by atoms with Crippen LogP contribution in [-0.2, 0) is 4.74 Å². The molecule has 0 fully saturated rings. The van der Waals surface area contributed by atoms with Gasteiger partial charge in [-0.2, -0.15) is 12.6 Å². The first-order valence-corrected chi connectivity index (χ1v) is 5.60. The maximum absolute atomic E-state index is 11.0. The molecule has 0 aliphatic heterocycles. The topological polar surface area (TPSA) is 39.2 Å². The van der Waals surface area contributed by atoms with Crippen molar-refractivity contribution in [2.24, 2.45) is 0 Å². The SMILES string of the molecule is COC(=O)c1csc(C=CCCS)n1. The molecule has 0 atom stereocenters. The van der Waals surface area contributed by atoms with Crippen molar-refractivity contribution in [3.63, 3.8) is 0 Å². The number of aromatic nitrogens is 1. The third-order valence-electron chi connectivity index (χ3n) is 1.47. The molecule has 1 aromatic heterocycles. The Kier molecular flexibility index (Phi) is 4.69. The number of thiazole rings is 1. The molecule has 76 valence electrons. The van der Waals surface area contributed by atoms with Gasteiger partial charge in [0.25, 0.3) is 0 Å². The van der Waals surface area contributed by atoms with Crippen molar-refractivity contribution in [3.05, 3.63) is 22.2 Å². The van der Waals surface area contributed by atoms with Crippen LogP contribution < -0.4 is 0 Å². The summed E-state index contributed by atoms with van der Waals surface area (Å²) in [7, 11) is 1.35. The molecule has 0 N–H and O–H groups in total. The van der Waals surface area contributed by atoms with Gasteiger partial charge in [0.15, 0.2) is 5.69 Å². The van der Waals surface area contributed by atoms with E-state index in [0.717, 1.165) is 17.2 Å². The molecule has 0 aliphatic rings. The lowest BCUT2D eigenvalue weighted by molar-refractivity contribution is 0.0595. The summed E-state index contributed by atoms with van der Waals surface area (Å²) in [5.41, 5.74) is 0.364. The van der Waals surface area contributed by atoms with Crippen LogP contribution in [0.5, 0.6) is 0 Å². The maximum Gasteiger partial charge on any atom is 0.357 e. The van der Waals surface area contributed by atoms with Gasteiger partial charge in [-0.25, -0.2) is 9.78 Å². The maximum atomic E-state index is 11.0. The van der Waals surface area contributed by atoms with Crippen molar-refractivity contribution >= 4 is 36.0 Å². The first-order chi connectivity index (χ1) is 6.77. The lowest BCUT2D eigenvalue weighted by Crippen LogP contribution is -2.00. The summed E-state index contributed by atoms with van der Waals surface area (Å²) in [5.74, 6) is 0.418. The lowest BCUT2D eigenvalue weighted by atomic mass is 10.4. The average molecular weight is 229 g/mol. The van der Waals surface area contributed by atoms with Crippen LogP contribution in [0.3, 0.4) is 0 Å². The fourth-order valence-electron chi connectivity index (χ4n) is 0.821. The molecule has 0 radical (unpaired) electrons. The molecule has 5 heteroatoms. The smallest absolute Gasteiger partial charge is 0.357 e. The third-order valence-corrected chi connectivity index (χ3v) is 2.54. The van der Waals surface area contributed by atoms with Crippen molar-refractivity contribution in [1.82, 2.24) is 4.98 Å². The van der Waals surface area contributed by atoms with Crippen LogP contribution in [0.2, 0.25) is 0 Å². The van der Waals surface area contributed by atoms with E-state index in [0.29, 0.717) is 5.69 Å². The molecule has 14 heavy (non-hydrogen) atoms. The Hall–Kier alpha value is -0.810. The number of hydrogen-bond donors (Lipinski definition) is 1. The Labute approximate surface area is 92.2 Å². The standard InChI is InChI=1S/C9H11NO2S2/c1-12-9(11)7-6-14-8(10-7)4-2-3-5-13/h2,4,6,13H,3,5H2,1H3. The average Bonchev–Trinajstić information content (AvgIpc) is 2.66. The van der Waals surface area contributed by atoms with E-state index in [1.54, 1.807) is 5.38 Å². The van der Waals surface area contributed by atoms with Crippen molar-refractivity contribution in [2.45, 2.75) is 6.42 Å². The van der Waals surface area contributed by atoms with Crippen LogP contribution in [0.25, 0.3) is 6.08 Å². The monoisotopic (exact) mass is 229 g/mol. The Morgan fingerprint density at radius 3 is 3.21 bits per heavy atom. The van der Waals surface area contributed by atoms with Crippen LogP contribution in [0.4, 0.5) is 0 Å².